The molecule has 0 N–H and O–H groups in total. The summed E-state index contributed by atoms with van der Waals surface area (Å²) in [5.74, 6) is -0.428. The van der Waals surface area contributed by atoms with Crippen LogP contribution in [0.25, 0.3) is 0 Å². The van der Waals surface area contributed by atoms with Crippen LogP contribution in [0.4, 0.5) is 4.39 Å². The Morgan fingerprint density at radius 2 is 2.21 bits per heavy atom. The quantitative estimate of drug-likeness (QED) is 0.657. The van der Waals surface area contributed by atoms with Crippen LogP contribution in [-0.2, 0) is 6.42 Å². The molecule has 0 fully saturated rings. The molecule has 1 aromatic heterocycles. The third-order valence-electron chi connectivity index (χ3n) is 1.97. The molecular weight excluding hydrogens is 177 g/mol. The second-order valence-corrected chi connectivity index (χ2v) is 3.08. The molecule has 0 unspecified atom stereocenters. The maximum absolute atomic E-state index is 12.8. The maximum atomic E-state index is 12.8. The van der Waals surface area contributed by atoms with Crippen LogP contribution in [-0.4, -0.2) is 4.98 Å². The zero-order chi connectivity index (χ0) is 9.80. The van der Waals surface area contributed by atoms with Crippen molar-refractivity contribution in [3.05, 3.63) is 65.7 Å². The summed E-state index contributed by atoms with van der Waals surface area (Å²) in [6.07, 6.45) is 2.20. The van der Waals surface area contributed by atoms with Crippen molar-refractivity contribution < 1.29 is 4.39 Å². The van der Waals surface area contributed by atoms with Crippen LogP contribution in [0.2, 0.25) is 0 Å². The van der Waals surface area contributed by atoms with Crippen molar-refractivity contribution in [2.24, 2.45) is 0 Å². The number of halogens is 1. The van der Waals surface area contributed by atoms with Gasteiger partial charge in [-0.05, 0) is 35.7 Å². The lowest BCUT2D eigenvalue weighted by Gasteiger charge is -2.00. The molecule has 1 aromatic carbocycles. The largest absolute Gasteiger partial charge is 0.228 e. The lowest BCUT2D eigenvalue weighted by Crippen LogP contribution is -1.90. The molecule has 0 saturated carbocycles. The molecule has 2 heteroatoms. The molecule has 1 nitrogen and oxygen atoms in total. The zero-order valence-electron chi connectivity index (χ0n) is 7.57. The van der Waals surface area contributed by atoms with Gasteiger partial charge in [0.1, 0.15) is 0 Å². The highest BCUT2D eigenvalue weighted by atomic mass is 19.1. The van der Waals surface area contributed by atoms with Gasteiger partial charge in [0.05, 0.1) is 0 Å². The van der Waals surface area contributed by atoms with Gasteiger partial charge < -0.3 is 0 Å². The van der Waals surface area contributed by atoms with E-state index in [1.807, 2.05) is 30.3 Å². The van der Waals surface area contributed by atoms with Crippen LogP contribution in [0.1, 0.15) is 11.1 Å². The molecule has 0 amide bonds. The van der Waals surface area contributed by atoms with E-state index in [1.54, 1.807) is 0 Å². The van der Waals surface area contributed by atoms with Crippen LogP contribution >= 0.6 is 0 Å². The van der Waals surface area contributed by atoms with Crippen molar-refractivity contribution in [3.63, 3.8) is 0 Å². The van der Waals surface area contributed by atoms with E-state index in [0.717, 1.165) is 17.5 Å². The fraction of sp³-hybridized carbons (Fsp3) is 0.0833. The first-order valence-electron chi connectivity index (χ1n) is 4.40. The summed E-state index contributed by atoms with van der Waals surface area (Å²) in [6, 6.07) is 13.9. The maximum Gasteiger partial charge on any atom is 0.213 e. The van der Waals surface area contributed by atoms with Gasteiger partial charge in [-0.3, -0.25) is 0 Å². The third kappa shape index (κ3) is 2.16. The van der Waals surface area contributed by atoms with Crippen LogP contribution < -0.4 is 0 Å². The lowest BCUT2D eigenvalue weighted by molar-refractivity contribution is 0.582. The Morgan fingerprint density at radius 1 is 1.29 bits per heavy atom. The lowest BCUT2D eigenvalue weighted by atomic mass is 10.1. The Bertz CT molecular complexity index is 412. The molecule has 1 heterocycles. The van der Waals surface area contributed by atoms with E-state index in [0.29, 0.717) is 0 Å². The molecule has 14 heavy (non-hydrogen) atoms. The van der Waals surface area contributed by atoms with Gasteiger partial charge in [0.25, 0.3) is 0 Å². The topological polar surface area (TPSA) is 12.9 Å². The van der Waals surface area contributed by atoms with Crippen LogP contribution in [0.5, 0.6) is 0 Å². The molecule has 0 aliphatic heterocycles. The number of nitrogens with zero attached hydrogens (tertiary/aromatic N) is 1. The number of hydrogen-bond acceptors (Lipinski definition) is 1. The van der Waals surface area contributed by atoms with E-state index in [2.05, 4.69) is 11.1 Å². The molecule has 0 bridgehead atoms. The molecule has 1 radical (unpaired) electrons. The Balaban J connectivity index is 2.19. The second-order valence-electron chi connectivity index (χ2n) is 3.08. The van der Waals surface area contributed by atoms with Crippen LogP contribution in [0, 0.1) is 12.0 Å². The molecule has 0 spiro atoms. The van der Waals surface area contributed by atoms with E-state index in [-0.39, 0.29) is 0 Å². The van der Waals surface area contributed by atoms with E-state index in [9.17, 15) is 4.39 Å². The highest BCUT2D eigenvalue weighted by molar-refractivity contribution is 5.23. The van der Waals surface area contributed by atoms with Gasteiger partial charge in [0.15, 0.2) is 0 Å². The van der Waals surface area contributed by atoms with E-state index in [4.69, 9.17) is 0 Å². The van der Waals surface area contributed by atoms with Crippen LogP contribution in [0.15, 0.2) is 42.6 Å². The van der Waals surface area contributed by atoms with E-state index in [1.165, 1.54) is 12.3 Å². The SMILES string of the molecule is Fc1cc(Cc2c[c]ccc2)ccn1. The Kier molecular flexibility index (Phi) is 2.54. The van der Waals surface area contributed by atoms with Crippen molar-refractivity contribution >= 4 is 0 Å². The highest BCUT2D eigenvalue weighted by Gasteiger charge is 1.97. The molecule has 0 aliphatic rings. The molecule has 2 aromatic rings. The number of aromatic nitrogens is 1. The molecule has 0 aliphatic carbocycles. The molecule has 2 rings (SSSR count). The smallest absolute Gasteiger partial charge is 0.213 e. The average Bonchev–Trinajstić information content (AvgIpc) is 2.19. The van der Waals surface area contributed by atoms with Gasteiger partial charge in [0, 0.05) is 6.20 Å². The predicted octanol–water partition coefficient (Wildman–Crippen LogP) is 2.61. The molecule has 69 valence electrons. The third-order valence-corrected chi connectivity index (χ3v) is 1.97. The minimum Gasteiger partial charge on any atom is -0.228 e. The van der Waals surface area contributed by atoms with Crippen molar-refractivity contribution in [2.45, 2.75) is 6.42 Å². The summed E-state index contributed by atoms with van der Waals surface area (Å²) in [7, 11) is 0. The van der Waals surface area contributed by atoms with Crippen LogP contribution in [0.3, 0.4) is 0 Å². The first kappa shape index (κ1) is 8.88. The van der Waals surface area contributed by atoms with Gasteiger partial charge in [-0.15, -0.1) is 0 Å². The van der Waals surface area contributed by atoms with Gasteiger partial charge in [0.2, 0.25) is 5.95 Å². The summed E-state index contributed by atoms with van der Waals surface area (Å²) in [5, 5.41) is 0. The van der Waals surface area contributed by atoms with Crippen molar-refractivity contribution in [2.75, 3.05) is 0 Å². The van der Waals surface area contributed by atoms with Crippen molar-refractivity contribution in [1.29, 1.82) is 0 Å². The van der Waals surface area contributed by atoms with Gasteiger partial charge >= 0.3 is 0 Å². The minimum absolute atomic E-state index is 0.428. The van der Waals surface area contributed by atoms with Crippen molar-refractivity contribution in [1.82, 2.24) is 4.98 Å². The Labute approximate surface area is 82.2 Å². The molecular formula is C12H9FN. The summed E-state index contributed by atoms with van der Waals surface area (Å²) < 4.78 is 12.8. The fourth-order valence-corrected chi connectivity index (χ4v) is 1.33. The summed E-state index contributed by atoms with van der Waals surface area (Å²) in [5.41, 5.74) is 2.05. The number of hydrogen-bond donors (Lipinski definition) is 0. The average molecular weight is 186 g/mol. The number of benzene rings is 1. The fourth-order valence-electron chi connectivity index (χ4n) is 1.33. The number of pyridine rings is 1. The first-order valence-corrected chi connectivity index (χ1v) is 4.40. The number of rotatable bonds is 2. The van der Waals surface area contributed by atoms with E-state index >= 15 is 0 Å². The summed E-state index contributed by atoms with van der Waals surface area (Å²) >= 11 is 0. The first-order chi connectivity index (χ1) is 6.84. The Hall–Kier alpha value is -1.70. The monoisotopic (exact) mass is 186 g/mol. The zero-order valence-corrected chi connectivity index (χ0v) is 7.57. The normalized spacial score (nSPS) is 10.1. The predicted molar refractivity (Wildman–Crippen MR) is 52.3 cm³/mol. The van der Waals surface area contributed by atoms with Gasteiger partial charge in [-0.2, -0.15) is 4.39 Å². The standard InChI is InChI=1S/C12H9FN/c13-12-9-11(6-7-14-12)8-10-4-2-1-3-5-10/h1-2,4-7,9H,8H2. The van der Waals surface area contributed by atoms with E-state index < -0.39 is 5.95 Å². The summed E-state index contributed by atoms with van der Waals surface area (Å²) in [4.78, 5) is 3.51. The highest BCUT2D eigenvalue weighted by Crippen LogP contribution is 2.08. The molecule has 0 saturated heterocycles. The minimum atomic E-state index is -0.428. The molecule has 0 atom stereocenters. The Morgan fingerprint density at radius 3 is 2.93 bits per heavy atom. The van der Waals surface area contributed by atoms with Gasteiger partial charge in [-0.1, -0.05) is 24.3 Å². The van der Waals surface area contributed by atoms with Gasteiger partial charge in [-0.25, -0.2) is 4.98 Å². The van der Waals surface area contributed by atoms with Crippen molar-refractivity contribution in [3.8, 4) is 0 Å². The summed E-state index contributed by atoms with van der Waals surface area (Å²) in [6.45, 7) is 0. The second kappa shape index (κ2) is 4.01.